The van der Waals surface area contributed by atoms with Gasteiger partial charge >= 0.3 is 0 Å². The van der Waals surface area contributed by atoms with E-state index < -0.39 is 0 Å². The van der Waals surface area contributed by atoms with Gasteiger partial charge in [0.1, 0.15) is 0 Å². The summed E-state index contributed by atoms with van der Waals surface area (Å²) in [5, 5.41) is 0. The third-order valence-electron chi connectivity index (χ3n) is 6.96. The molecule has 3 atom stereocenters. The zero-order chi connectivity index (χ0) is 17.0. The molecule has 0 spiro atoms. The Balaban J connectivity index is 2.95. The lowest BCUT2D eigenvalue weighted by molar-refractivity contribution is -0.00167. The first kappa shape index (κ1) is 20.0. The zero-order valence-electron chi connectivity index (χ0n) is 17.0. The molecule has 0 aromatic carbocycles. The van der Waals surface area contributed by atoms with E-state index in [9.17, 15) is 0 Å². The highest BCUT2D eigenvalue weighted by Crippen LogP contribution is 2.52. The minimum Gasteiger partial charge on any atom is -0.0654 e. The molecule has 0 aromatic heterocycles. The van der Waals surface area contributed by atoms with Gasteiger partial charge < -0.3 is 0 Å². The summed E-state index contributed by atoms with van der Waals surface area (Å²) in [5.74, 6) is 3.80. The van der Waals surface area contributed by atoms with Gasteiger partial charge in [-0.05, 0) is 53.8 Å². The minimum atomic E-state index is 0.465. The van der Waals surface area contributed by atoms with Gasteiger partial charge in [0.2, 0.25) is 0 Å². The van der Waals surface area contributed by atoms with Gasteiger partial charge in [0.15, 0.2) is 0 Å². The van der Waals surface area contributed by atoms with E-state index in [1.165, 1.54) is 51.4 Å². The van der Waals surface area contributed by atoms with Crippen LogP contribution in [0.2, 0.25) is 0 Å². The van der Waals surface area contributed by atoms with E-state index in [1.807, 2.05) is 0 Å². The molecule has 1 aliphatic rings. The molecule has 0 amide bonds. The van der Waals surface area contributed by atoms with E-state index in [0.29, 0.717) is 10.8 Å². The SMILES string of the molecule is CCCC(CCC)C1CCC(C(C)(C)CC)CC1C(C)(C)C. The molecule has 1 aliphatic carbocycles. The van der Waals surface area contributed by atoms with Crippen LogP contribution in [0.3, 0.4) is 0 Å². The van der Waals surface area contributed by atoms with Crippen LogP contribution in [0.5, 0.6) is 0 Å². The van der Waals surface area contributed by atoms with E-state index in [1.54, 1.807) is 0 Å². The van der Waals surface area contributed by atoms with Crippen LogP contribution in [0.25, 0.3) is 0 Å². The standard InChI is InChI=1S/C22H44/c1-9-12-17(13-10-2)19-15-14-18(22(7,8)11-3)16-20(19)21(4,5)6/h17-20H,9-16H2,1-8H3. The second kappa shape index (κ2) is 8.20. The molecule has 1 fully saturated rings. The third-order valence-corrected chi connectivity index (χ3v) is 6.96. The maximum Gasteiger partial charge on any atom is -0.0328 e. The van der Waals surface area contributed by atoms with Crippen molar-refractivity contribution in [2.45, 2.75) is 107 Å². The first-order valence-corrected chi connectivity index (χ1v) is 10.2. The highest BCUT2D eigenvalue weighted by Gasteiger charge is 2.43. The van der Waals surface area contributed by atoms with Gasteiger partial charge in [-0.25, -0.2) is 0 Å². The fourth-order valence-corrected chi connectivity index (χ4v) is 5.07. The van der Waals surface area contributed by atoms with E-state index in [4.69, 9.17) is 0 Å². The van der Waals surface area contributed by atoms with Gasteiger partial charge in [0.25, 0.3) is 0 Å². The summed E-state index contributed by atoms with van der Waals surface area (Å²) >= 11 is 0. The van der Waals surface area contributed by atoms with Crippen LogP contribution in [-0.4, -0.2) is 0 Å². The monoisotopic (exact) mass is 308 g/mol. The molecule has 0 nitrogen and oxygen atoms in total. The Morgan fingerprint density at radius 3 is 1.82 bits per heavy atom. The molecule has 0 N–H and O–H groups in total. The lowest BCUT2D eigenvalue weighted by Crippen LogP contribution is -2.41. The van der Waals surface area contributed by atoms with Crippen molar-refractivity contribution < 1.29 is 0 Å². The van der Waals surface area contributed by atoms with Crippen LogP contribution >= 0.6 is 0 Å². The van der Waals surface area contributed by atoms with Crippen molar-refractivity contribution in [3.8, 4) is 0 Å². The molecular weight excluding hydrogens is 264 g/mol. The first-order valence-electron chi connectivity index (χ1n) is 10.2. The summed E-state index contributed by atoms with van der Waals surface area (Å²) in [4.78, 5) is 0. The second-order valence-corrected chi connectivity index (χ2v) is 9.83. The van der Waals surface area contributed by atoms with Gasteiger partial charge in [-0.2, -0.15) is 0 Å². The van der Waals surface area contributed by atoms with Gasteiger partial charge in [-0.3, -0.25) is 0 Å². The highest BCUT2D eigenvalue weighted by atomic mass is 14.5. The summed E-state index contributed by atoms with van der Waals surface area (Å²) in [5.41, 5.74) is 0.992. The lowest BCUT2D eigenvalue weighted by atomic mass is 9.55. The molecule has 3 unspecified atom stereocenters. The molecule has 0 radical (unpaired) electrons. The maximum atomic E-state index is 2.51. The van der Waals surface area contributed by atoms with Crippen LogP contribution in [0.1, 0.15) is 107 Å². The Bertz CT molecular complexity index is 300. The molecule has 0 bridgehead atoms. The summed E-state index contributed by atoms with van der Waals surface area (Å²) in [7, 11) is 0. The third kappa shape index (κ3) is 5.00. The molecular formula is C22H44. The largest absolute Gasteiger partial charge is 0.0654 e. The van der Waals surface area contributed by atoms with Crippen molar-refractivity contribution >= 4 is 0 Å². The van der Waals surface area contributed by atoms with Crippen molar-refractivity contribution in [3.05, 3.63) is 0 Å². The molecule has 1 saturated carbocycles. The van der Waals surface area contributed by atoms with Crippen LogP contribution in [-0.2, 0) is 0 Å². The fourth-order valence-electron chi connectivity index (χ4n) is 5.07. The molecule has 0 heteroatoms. The Hall–Kier alpha value is 0. The van der Waals surface area contributed by atoms with Gasteiger partial charge in [0.05, 0.1) is 0 Å². The topological polar surface area (TPSA) is 0 Å². The smallest absolute Gasteiger partial charge is 0.0328 e. The van der Waals surface area contributed by atoms with Crippen LogP contribution < -0.4 is 0 Å². The predicted molar refractivity (Wildman–Crippen MR) is 101 cm³/mol. The van der Waals surface area contributed by atoms with Crippen LogP contribution in [0.4, 0.5) is 0 Å². The number of rotatable bonds is 7. The molecule has 1 rings (SSSR count). The van der Waals surface area contributed by atoms with E-state index in [2.05, 4.69) is 55.4 Å². The van der Waals surface area contributed by atoms with Crippen molar-refractivity contribution in [2.24, 2.45) is 34.5 Å². The molecule has 0 aromatic rings. The van der Waals surface area contributed by atoms with E-state index in [0.717, 1.165) is 23.7 Å². The first-order chi connectivity index (χ1) is 10.2. The van der Waals surface area contributed by atoms with Crippen LogP contribution in [0.15, 0.2) is 0 Å². The number of hydrogen-bond donors (Lipinski definition) is 0. The lowest BCUT2D eigenvalue weighted by Gasteiger charge is -2.50. The Morgan fingerprint density at radius 2 is 1.41 bits per heavy atom. The quantitative estimate of drug-likeness (QED) is 0.451. The van der Waals surface area contributed by atoms with Gasteiger partial charge in [0, 0.05) is 0 Å². The van der Waals surface area contributed by atoms with Crippen LogP contribution in [0, 0.1) is 34.5 Å². The van der Waals surface area contributed by atoms with Crippen molar-refractivity contribution in [3.63, 3.8) is 0 Å². The second-order valence-electron chi connectivity index (χ2n) is 9.83. The summed E-state index contributed by atoms with van der Waals surface area (Å²) in [6.45, 7) is 19.7. The Kier molecular flexibility index (Phi) is 7.47. The average Bonchev–Trinajstić information content (AvgIpc) is 2.45. The number of hydrogen-bond acceptors (Lipinski definition) is 0. The highest BCUT2D eigenvalue weighted by molar-refractivity contribution is 4.93. The van der Waals surface area contributed by atoms with Gasteiger partial charge in [-0.15, -0.1) is 0 Å². The van der Waals surface area contributed by atoms with E-state index in [-0.39, 0.29) is 0 Å². The van der Waals surface area contributed by atoms with E-state index >= 15 is 0 Å². The van der Waals surface area contributed by atoms with Crippen molar-refractivity contribution in [1.29, 1.82) is 0 Å². The Morgan fingerprint density at radius 1 is 0.864 bits per heavy atom. The predicted octanol–water partition coefficient (Wildman–Crippen LogP) is 7.72. The molecule has 0 saturated heterocycles. The Labute approximate surface area is 141 Å². The van der Waals surface area contributed by atoms with Crippen molar-refractivity contribution in [1.82, 2.24) is 0 Å². The zero-order valence-corrected chi connectivity index (χ0v) is 17.0. The molecule has 0 heterocycles. The summed E-state index contributed by atoms with van der Waals surface area (Å²) < 4.78 is 0. The van der Waals surface area contributed by atoms with Crippen molar-refractivity contribution in [2.75, 3.05) is 0 Å². The van der Waals surface area contributed by atoms with Gasteiger partial charge in [-0.1, -0.05) is 87.5 Å². The summed E-state index contributed by atoms with van der Waals surface area (Å²) in [6.07, 6.45) is 11.4. The molecule has 132 valence electrons. The maximum absolute atomic E-state index is 2.51. The summed E-state index contributed by atoms with van der Waals surface area (Å²) in [6, 6.07) is 0. The molecule has 22 heavy (non-hydrogen) atoms. The minimum absolute atomic E-state index is 0.465. The fraction of sp³-hybridized carbons (Fsp3) is 1.00. The average molecular weight is 309 g/mol. The normalized spacial score (nSPS) is 27.4. The molecule has 0 aliphatic heterocycles.